The van der Waals surface area contributed by atoms with Crippen LogP contribution < -0.4 is 5.32 Å². The molecule has 0 saturated carbocycles. The quantitative estimate of drug-likeness (QED) is 0.779. The van der Waals surface area contributed by atoms with E-state index >= 15 is 0 Å². The van der Waals surface area contributed by atoms with E-state index in [-0.39, 0.29) is 16.9 Å². The zero-order chi connectivity index (χ0) is 15.2. The standard InChI is InChI=1S/C16H17BrClFN2/c1-2-8-20-15(14-7-6-12(17)10-21-14)9-11-4-3-5-13(19)16(11)18/h3-7,10,15,20H,2,8-9H2,1H3. The molecule has 0 radical (unpaired) electrons. The van der Waals surface area contributed by atoms with Crippen LogP contribution in [0.4, 0.5) is 4.39 Å². The lowest BCUT2D eigenvalue weighted by Crippen LogP contribution is -2.25. The molecule has 2 rings (SSSR count). The Morgan fingerprint density at radius 3 is 2.81 bits per heavy atom. The fourth-order valence-corrected chi connectivity index (χ4v) is 2.56. The molecule has 1 aromatic carbocycles. The van der Waals surface area contributed by atoms with Gasteiger partial charge in [-0.15, -0.1) is 0 Å². The normalized spacial score (nSPS) is 12.4. The fraction of sp³-hybridized carbons (Fsp3) is 0.312. The summed E-state index contributed by atoms with van der Waals surface area (Å²) in [5.74, 6) is -0.382. The van der Waals surface area contributed by atoms with Gasteiger partial charge in [0.05, 0.1) is 16.8 Å². The molecule has 0 bridgehead atoms. The maximum absolute atomic E-state index is 13.6. The van der Waals surface area contributed by atoms with Gasteiger partial charge in [0, 0.05) is 10.7 Å². The minimum Gasteiger partial charge on any atom is -0.308 e. The Balaban J connectivity index is 2.23. The molecule has 1 heterocycles. The number of pyridine rings is 1. The van der Waals surface area contributed by atoms with Gasteiger partial charge in [0.1, 0.15) is 5.82 Å². The second kappa shape index (κ2) is 7.87. The number of benzene rings is 1. The fourth-order valence-electron chi connectivity index (χ4n) is 2.12. The number of nitrogens with zero attached hydrogens (tertiary/aromatic N) is 1. The summed E-state index contributed by atoms with van der Waals surface area (Å²) in [5, 5.41) is 3.63. The monoisotopic (exact) mass is 370 g/mol. The van der Waals surface area contributed by atoms with Crippen LogP contribution in [0, 0.1) is 5.82 Å². The molecular weight excluding hydrogens is 355 g/mol. The van der Waals surface area contributed by atoms with Crippen molar-refractivity contribution in [2.24, 2.45) is 0 Å². The Hall–Kier alpha value is -0.970. The SMILES string of the molecule is CCCNC(Cc1cccc(F)c1Cl)c1ccc(Br)cn1. The molecule has 1 atom stereocenters. The van der Waals surface area contributed by atoms with Crippen molar-refractivity contribution in [3.63, 3.8) is 0 Å². The van der Waals surface area contributed by atoms with Gasteiger partial charge in [-0.05, 0) is 59.1 Å². The molecule has 0 fully saturated rings. The Bertz CT molecular complexity index is 589. The highest BCUT2D eigenvalue weighted by Gasteiger charge is 2.16. The van der Waals surface area contributed by atoms with E-state index in [1.165, 1.54) is 6.07 Å². The van der Waals surface area contributed by atoms with E-state index in [4.69, 9.17) is 11.6 Å². The lowest BCUT2D eigenvalue weighted by atomic mass is 10.0. The molecule has 0 amide bonds. The summed E-state index contributed by atoms with van der Waals surface area (Å²) >= 11 is 9.43. The lowest BCUT2D eigenvalue weighted by molar-refractivity contribution is 0.516. The summed E-state index contributed by atoms with van der Waals surface area (Å²) in [6.07, 6.45) is 3.39. The van der Waals surface area contributed by atoms with Crippen molar-refractivity contribution in [2.75, 3.05) is 6.54 Å². The molecule has 0 aliphatic carbocycles. The first-order valence-electron chi connectivity index (χ1n) is 6.89. The van der Waals surface area contributed by atoms with E-state index in [9.17, 15) is 4.39 Å². The smallest absolute Gasteiger partial charge is 0.142 e. The summed E-state index contributed by atoms with van der Waals surface area (Å²) in [5.41, 5.74) is 1.71. The van der Waals surface area contributed by atoms with Crippen LogP contribution in [-0.4, -0.2) is 11.5 Å². The Morgan fingerprint density at radius 2 is 2.14 bits per heavy atom. The topological polar surface area (TPSA) is 24.9 Å². The van der Waals surface area contributed by atoms with Crippen molar-refractivity contribution in [3.8, 4) is 0 Å². The van der Waals surface area contributed by atoms with Gasteiger partial charge in [0.2, 0.25) is 0 Å². The van der Waals surface area contributed by atoms with Crippen LogP contribution in [0.15, 0.2) is 41.0 Å². The first-order chi connectivity index (χ1) is 10.1. The number of aromatic nitrogens is 1. The number of hydrogen-bond acceptors (Lipinski definition) is 2. The predicted octanol–water partition coefficient (Wildman–Crippen LogP) is 4.92. The van der Waals surface area contributed by atoms with Gasteiger partial charge in [-0.2, -0.15) is 0 Å². The largest absolute Gasteiger partial charge is 0.308 e. The molecule has 0 spiro atoms. The molecule has 1 unspecified atom stereocenters. The van der Waals surface area contributed by atoms with Crippen molar-refractivity contribution >= 4 is 27.5 Å². The van der Waals surface area contributed by atoms with Crippen LogP contribution in [0.3, 0.4) is 0 Å². The molecule has 0 aliphatic rings. The van der Waals surface area contributed by atoms with Crippen LogP contribution in [0.1, 0.15) is 30.6 Å². The van der Waals surface area contributed by atoms with Crippen LogP contribution in [0.5, 0.6) is 0 Å². The maximum Gasteiger partial charge on any atom is 0.142 e. The predicted molar refractivity (Wildman–Crippen MR) is 88.1 cm³/mol. The van der Waals surface area contributed by atoms with Crippen LogP contribution in [-0.2, 0) is 6.42 Å². The van der Waals surface area contributed by atoms with Crippen molar-refractivity contribution in [1.82, 2.24) is 10.3 Å². The zero-order valence-corrected chi connectivity index (χ0v) is 14.1. The van der Waals surface area contributed by atoms with Gasteiger partial charge >= 0.3 is 0 Å². The Kier molecular flexibility index (Phi) is 6.15. The Labute approximate surface area is 137 Å². The first kappa shape index (κ1) is 16.4. The van der Waals surface area contributed by atoms with Gasteiger partial charge < -0.3 is 5.32 Å². The van der Waals surface area contributed by atoms with Crippen LogP contribution in [0.2, 0.25) is 5.02 Å². The molecule has 0 aliphatic heterocycles. The lowest BCUT2D eigenvalue weighted by Gasteiger charge is -2.19. The molecular formula is C16H17BrClFN2. The highest BCUT2D eigenvalue weighted by Crippen LogP contribution is 2.25. The van der Waals surface area contributed by atoms with Crippen molar-refractivity contribution < 1.29 is 4.39 Å². The van der Waals surface area contributed by atoms with Crippen molar-refractivity contribution in [1.29, 1.82) is 0 Å². The Morgan fingerprint density at radius 1 is 1.33 bits per heavy atom. The molecule has 2 nitrogen and oxygen atoms in total. The number of hydrogen-bond donors (Lipinski definition) is 1. The molecule has 1 aromatic heterocycles. The van der Waals surface area contributed by atoms with E-state index in [2.05, 4.69) is 33.2 Å². The van der Waals surface area contributed by atoms with Gasteiger partial charge in [0.15, 0.2) is 0 Å². The summed E-state index contributed by atoms with van der Waals surface area (Å²) in [7, 11) is 0. The summed E-state index contributed by atoms with van der Waals surface area (Å²) in [6, 6.07) is 8.84. The summed E-state index contributed by atoms with van der Waals surface area (Å²) < 4.78 is 14.5. The third-order valence-corrected chi connectivity index (χ3v) is 4.10. The second-order valence-corrected chi connectivity index (χ2v) is 6.12. The average Bonchev–Trinajstić information content (AvgIpc) is 2.49. The number of nitrogens with one attached hydrogen (secondary N) is 1. The van der Waals surface area contributed by atoms with E-state index in [0.29, 0.717) is 6.42 Å². The summed E-state index contributed by atoms with van der Waals surface area (Å²) in [6.45, 7) is 2.98. The van der Waals surface area contributed by atoms with Crippen LogP contribution >= 0.6 is 27.5 Å². The van der Waals surface area contributed by atoms with E-state index in [1.807, 2.05) is 18.2 Å². The van der Waals surface area contributed by atoms with E-state index < -0.39 is 0 Å². The van der Waals surface area contributed by atoms with Gasteiger partial charge in [0.25, 0.3) is 0 Å². The number of halogens is 3. The van der Waals surface area contributed by atoms with Gasteiger partial charge in [-0.25, -0.2) is 4.39 Å². The molecule has 5 heteroatoms. The van der Waals surface area contributed by atoms with E-state index in [1.54, 1.807) is 12.3 Å². The molecule has 0 saturated heterocycles. The first-order valence-corrected chi connectivity index (χ1v) is 8.06. The molecule has 2 aromatic rings. The third-order valence-electron chi connectivity index (χ3n) is 3.20. The average molecular weight is 372 g/mol. The number of rotatable bonds is 6. The highest BCUT2D eigenvalue weighted by atomic mass is 79.9. The highest BCUT2D eigenvalue weighted by molar-refractivity contribution is 9.10. The van der Waals surface area contributed by atoms with Gasteiger partial charge in [-0.3, -0.25) is 4.98 Å². The van der Waals surface area contributed by atoms with Crippen molar-refractivity contribution in [2.45, 2.75) is 25.8 Å². The third kappa shape index (κ3) is 4.50. The molecule has 21 heavy (non-hydrogen) atoms. The molecule has 1 N–H and O–H groups in total. The van der Waals surface area contributed by atoms with Crippen LogP contribution in [0.25, 0.3) is 0 Å². The minimum atomic E-state index is -0.382. The van der Waals surface area contributed by atoms with E-state index in [0.717, 1.165) is 28.7 Å². The minimum absolute atomic E-state index is 0.0114. The van der Waals surface area contributed by atoms with Gasteiger partial charge in [-0.1, -0.05) is 30.7 Å². The summed E-state index contributed by atoms with van der Waals surface area (Å²) in [4.78, 5) is 4.43. The van der Waals surface area contributed by atoms with Crippen molar-refractivity contribution in [3.05, 3.63) is 63.1 Å². The second-order valence-electron chi connectivity index (χ2n) is 4.83. The molecule has 112 valence electrons. The zero-order valence-electron chi connectivity index (χ0n) is 11.7. The maximum atomic E-state index is 13.6.